The van der Waals surface area contributed by atoms with Crippen molar-refractivity contribution in [3.63, 3.8) is 0 Å². The molecule has 1 aromatic heterocycles. The summed E-state index contributed by atoms with van der Waals surface area (Å²) in [6.45, 7) is 0. The first-order valence-electron chi connectivity index (χ1n) is 2.32. The number of thiazole rings is 1. The summed E-state index contributed by atoms with van der Waals surface area (Å²) < 4.78 is 0. The molecule has 0 N–H and O–H groups in total. The number of carbonyl (C=O) groups is 1. The predicted molar refractivity (Wildman–Crippen MR) is 40.1 cm³/mol. The summed E-state index contributed by atoms with van der Waals surface area (Å²) >= 11 is 4.72. The summed E-state index contributed by atoms with van der Waals surface area (Å²) in [7, 11) is 0. The van der Waals surface area contributed by atoms with E-state index in [4.69, 9.17) is 0 Å². The summed E-state index contributed by atoms with van der Waals surface area (Å²) in [5.74, 6) is 0. The number of nitrogens with zero attached hydrogens (tertiary/aromatic N) is 1. The quantitative estimate of drug-likeness (QED) is 0.545. The maximum absolute atomic E-state index is 10.1. The second kappa shape index (κ2) is 3.08. The van der Waals surface area contributed by atoms with Crippen LogP contribution < -0.4 is 0 Å². The van der Waals surface area contributed by atoms with Gasteiger partial charge in [0.2, 0.25) is 0 Å². The normalized spacial score (nSPS) is 9.44. The molecule has 4 heteroatoms. The van der Waals surface area contributed by atoms with Crippen molar-refractivity contribution in [1.82, 2.24) is 4.98 Å². The lowest BCUT2D eigenvalue weighted by Gasteiger charge is -1.77. The standard InChI is InChI=1S/C5H4BrNOS/c6-1-5-7-4(2-8)3-9-5/h2-3H,1H2. The van der Waals surface area contributed by atoms with Crippen molar-refractivity contribution in [1.29, 1.82) is 0 Å². The van der Waals surface area contributed by atoms with Gasteiger partial charge in [0.1, 0.15) is 10.7 Å². The number of halogens is 1. The van der Waals surface area contributed by atoms with Crippen LogP contribution in [0.2, 0.25) is 0 Å². The van der Waals surface area contributed by atoms with Gasteiger partial charge < -0.3 is 0 Å². The fourth-order valence-corrected chi connectivity index (χ4v) is 1.55. The number of carbonyl (C=O) groups excluding carboxylic acids is 1. The Morgan fingerprint density at radius 1 is 1.89 bits per heavy atom. The minimum absolute atomic E-state index is 0.523. The molecular weight excluding hydrogens is 202 g/mol. The van der Waals surface area contributed by atoms with Gasteiger partial charge in [0, 0.05) is 5.38 Å². The second-order valence-electron chi connectivity index (χ2n) is 1.42. The molecule has 0 saturated carbocycles. The fourth-order valence-electron chi connectivity index (χ4n) is 0.441. The first-order valence-corrected chi connectivity index (χ1v) is 4.32. The summed E-state index contributed by atoms with van der Waals surface area (Å²) in [4.78, 5) is 14.0. The van der Waals surface area contributed by atoms with Crippen LogP contribution in [0.5, 0.6) is 0 Å². The van der Waals surface area contributed by atoms with Gasteiger partial charge in [-0.25, -0.2) is 4.98 Å². The van der Waals surface area contributed by atoms with Gasteiger partial charge >= 0.3 is 0 Å². The highest BCUT2D eigenvalue weighted by molar-refractivity contribution is 9.08. The molecule has 0 fully saturated rings. The zero-order chi connectivity index (χ0) is 6.69. The fraction of sp³-hybridized carbons (Fsp3) is 0.200. The van der Waals surface area contributed by atoms with Gasteiger partial charge in [0.05, 0.1) is 5.33 Å². The maximum atomic E-state index is 10.1. The first-order chi connectivity index (χ1) is 4.36. The van der Waals surface area contributed by atoms with Gasteiger partial charge in [-0.1, -0.05) is 15.9 Å². The molecule has 0 saturated heterocycles. The Morgan fingerprint density at radius 3 is 3.00 bits per heavy atom. The predicted octanol–water partition coefficient (Wildman–Crippen LogP) is 1.85. The highest BCUT2D eigenvalue weighted by atomic mass is 79.9. The Morgan fingerprint density at radius 2 is 2.67 bits per heavy atom. The summed E-state index contributed by atoms with van der Waals surface area (Å²) in [6.07, 6.45) is 0.753. The Balaban J connectivity index is 2.86. The van der Waals surface area contributed by atoms with Crippen molar-refractivity contribution in [2.24, 2.45) is 0 Å². The van der Waals surface area contributed by atoms with Crippen molar-refractivity contribution in [2.45, 2.75) is 5.33 Å². The van der Waals surface area contributed by atoms with Crippen molar-refractivity contribution in [3.05, 3.63) is 16.1 Å². The van der Waals surface area contributed by atoms with Crippen molar-refractivity contribution < 1.29 is 4.79 Å². The van der Waals surface area contributed by atoms with Crippen LogP contribution in [-0.2, 0) is 5.33 Å². The molecule has 0 atom stereocenters. The number of hydrogen-bond acceptors (Lipinski definition) is 3. The molecule has 0 aliphatic rings. The number of alkyl halides is 1. The first kappa shape index (κ1) is 6.89. The summed E-state index contributed by atoms with van der Waals surface area (Å²) in [5.41, 5.74) is 0.523. The smallest absolute Gasteiger partial charge is 0.169 e. The van der Waals surface area contributed by atoms with Crippen LogP contribution >= 0.6 is 27.3 Å². The van der Waals surface area contributed by atoms with Crippen LogP contribution in [0.15, 0.2) is 5.38 Å². The monoisotopic (exact) mass is 205 g/mol. The van der Waals surface area contributed by atoms with E-state index in [1.54, 1.807) is 5.38 Å². The van der Waals surface area contributed by atoms with Crippen molar-refractivity contribution in [2.75, 3.05) is 0 Å². The molecule has 9 heavy (non-hydrogen) atoms. The van der Waals surface area contributed by atoms with E-state index < -0.39 is 0 Å². The van der Waals surface area contributed by atoms with Crippen LogP contribution in [0.4, 0.5) is 0 Å². The molecular formula is C5H4BrNOS. The molecule has 0 amide bonds. The van der Waals surface area contributed by atoms with E-state index >= 15 is 0 Å². The van der Waals surface area contributed by atoms with E-state index in [1.807, 2.05) is 0 Å². The van der Waals surface area contributed by atoms with Crippen LogP contribution in [-0.4, -0.2) is 11.3 Å². The number of hydrogen-bond donors (Lipinski definition) is 0. The average molecular weight is 206 g/mol. The van der Waals surface area contributed by atoms with E-state index in [0.29, 0.717) is 5.69 Å². The van der Waals surface area contributed by atoms with Gasteiger partial charge in [0.25, 0.3) is 0 Å². The highest BCUT2D eigenvalue weighted by Crippen LogP contribution is 2.10. The Hall–Kier alpha value is -0.220. The number of aldehydes is 1. The van der Waals surface area contributed by atoms with E-state index in [1.165, 1.54) is 11.3 Å². The lowest BCUT2D eigenvalue weighted by molar-refractivity contribution is 0.111. The second-order valence-corrected chi connectivity index (χ2v) is 2.92. The SMILES string of the molecule is O=Cc1csc(CBr)n1. The molecule has 2 nitrogen and oxygen atoms in total. The third-order valence-electron chi connectivity index (χ3n) is 0.805. The van der Waals surface area contributed by atoms with E-state index in [2.05, 4.69) is 20.9 Å². The zero-order valence-electron chi connectivity index (χ0n) is 4.50. The van der Waals surface area contributed by atoms with E-state index in [-0.39, 0.29) is 0 Å². The van der Waals surface area contributed by atoms with Gasteiger partial charge in [-0.3, -0.25) is 4.79 Å². The van der Waals surface area contributed by atoms with Gasteiger partial charge in [-0.2, -0.15) is 0 Å². The van der Waals surface area contributed by atoms with Crippen LogP contribution in [0.1, 0.15) is 15.5 Å². The third kappa shape index (κ3) is 1.59. The molecule has 0 unspecified atom stereocenters. The molecule has 0 bridgehead atoms. The average Bonchev–Trinajstić information content (AvgIpc) is 2.34. The minimum Gasteiger partial charge on any atom is -0.296 e. The van der Waals surface area contributed by atoms with E-state index in [9.17, 15) is 4.79 Å². The Bertz CT molecular complexity index is 210. The summed E-state index contributed by atoms with van der Waals surface area (Å²) in [6, 6.07) is 0. The van der Waals surface area contributed by atoms with Crippen LogP contribution in [0.25, 0.3) is 0 Å². The molecule has 1 rings (SSSR count). The topological polar surface area (TPSA) is 30.0 Å². The molecule has 0 spiro atoms. The molecule has 1 heterocycles. The van der Waals surface area contributed by atoms with Crippen molar-refractivity contribution >= 4 is 33.6 Å². The Kier molecular flexibility index (Phi) is 2.36. The van der Waals surface area contributed by atoms with Gasteiger partial charge in [0.15, 0.2) is 6.29 Å². The zero-order valence-corrected chi connectivity index (χ0v) is 6.91. The van der Waals surface area contributed by atoms with Crippen LogP contribution in [0.3, 0.4) is 0 Å². The third-order valence-corrected chi connectivity index (χ3v) is 2.57. The van der Waals surface area contributed by atoms with Gasteiger partial charge in [-0.05, 0) is 0 Å². The van der Waals surface area contributed by atoms with Gasteiger partial charge in [-0.15, -0.1) is 11.3 Å². The van der Waals surface area contributed by atoms with E-state index in [0.717, 1.165) is 16.6 Å². The molecule has 0 aliphatic carbocycles. The number of rotatable bonds is 2. The van der Waals surface area contributed by atoms with Crippen molar-refractivity contribution in [3.8, 4) is 0 Å². The minimum atomic E-state index is 0.523. The lowest BCUT2D eigenvalue weighted by Crippen LogP contribution is -1.78. The number of aromatic nitrogens is 1. The molecule has 1 aromatic rings. The van der Waals surface area contributed by atoms with Crippen LogP contribution in [0, 0.1) is 0 Å². The molecule has 0 radical (unpaired) electrons. The largest absolute Gasteiger partial charge is 0.296 e. The maximum Gasteiger partial charge on any atom is 0.169 e. The molecule has 0 aromatic carbocycles. The highest BCUT2D eigenvalue weighted by Gasteiger charge is 1.96. The summed E-state index contributed by atoms with van der Waals surface area (Å²) in [5, 5.41) is 3.41. The molecule has 0 aliphatic heterocycles. The Labute approximate surface area is 65.1 Å². The molecule has 48 valence electrons. The lowest BCUT2D eigenvalue weighted by atomic mass is 10.6.